The Bertz CT molecular complexity index is 337. The van der Waals surface area contributed by atoms with E-state index in [1.807, 2.05) is 20.8 Å². The van der Waals surface area contributed by atoms with E-state index in [1.54, 1.807) is 11.8 Å². The third kappa shape index (κ3) is 6.23. The van der Waals surface area contributed by atoms with E-state index in [1.165, 1.54) is 0 Å². The molecule has 1 fully saturated rings. The van der Waals surface area contributed by atoms with Crippen LogP contribution in [0.1, 0.15) is 40.5 Å². The van der Waals surface area contributed by atoms with Gasteiger partial charge in [0.1, 0.15) is 5.60 Å². The molecule has 1 aliphatic heterocycles. The van der Waals surface area contributed by atoms with Crippen LogP contribution in [0.2, 0.25) is 0 Å². The van der Waals surface area contributed by atoms with Gasteiger partial charge in [0.25, 0.3) is 0 Å². The van der Waals surface area contributed by atoms with Gasteiger partial charge in [-0.3, -0.25) is 4.79 Å². The van der Waals surface area contributed by atoms with Crippen molar-refractivity contribution >= 4 is 12.1 Å². The number of esters is 1. The molecular weight excluding hydrogens is 262 g/mol. The summed E-state index contributed by atoms with van der Waals surface area (Å²) in [7, 11) is 0. The van der Waals surface area contributed by atoms with Crippen LogP contribution in [0.3, 0.4) is 0 Å². The number of carbonyl (C=O) groups excluding carboxylic acids is 2. The molecule has 1 aliphatic rings. The minimum absolute atomic E-state index is 0.0306. The lowest BCUT2D eigenvalue weighted by Gasteiger charge is -2.24. The molecule has 6 heteroatoms. The van der Waals surface area contributed by atoms with Gasteiger partial charge in [0.05, 0.1) is 32.3 Å². The molecule has 1 rings (SSSR count). The van der Waals surface area contributed by atoms with Gasteiger partial charge in [0.15, 0.2) is 0 Å². The first-order valence-corrected chi connectivity index (χ1v) is 7.07. The average molecular weight is 287 g/mol. The van der Waals surface area contributed by atoms with Gasteiger partial charge in [-0.2, -0.15) is 0 Å². The Morgan fingerprint density at radius 1 is 1.30 bits per heavy atom. The Balaban J connectivity index is 2.23. The SMILES string of the molecule is CCOC(=O)CCO[C@@H]1CCN(C(=O)OC(C)(C)C)C1. The van der Waals surface area contributed by atoms with Gasteiger partial charge in [-0.1, -0.05) is 0 Å². The van der Waals surface area contributed by atoms with E-state index in [9.17, 15) is 9.59 Å². The van der Waals surface area contributed by atoms with Crippen LogP contribution in [0.15, 0.2) is 0 Å². The molecule has 0 radical (unpaired) electrons. The maximum atomic E-state index is 11.8. The fourth-order valence-electron chi connectivity index (χ4n) is 1.90. The number of hydrogen-bond donors (Lipinski definition) is 0. The molecule has 20 heavy (non-hydrogen) atoms. The molecule has 1 heterocycles. The normalized spacial score (nSPS) is 19.0. The molecule has 0 N–H and O–H groups in total. The van der Waals surface area contributed by atoms with Crippen molar-refractivity contribution in [1.82, 2.24) is 4.90 Å². The number of ether oxygens (including phenoxy) is 3. The lowest BCUT2D eigenvalue weighted by molar-refractivity contribution is -0.144. The largest absolute Gasteiger partial charge is 0.466 e. The van der Waals surface area contributed by atoms with Crippen molar-refractivity contribution in [2.45, 2.75) is 52.2 Å². The van der Waals surface area contributed by atoms with Gasteiger partial charge in [0, 0.05) is 6.54 Å². The van der Waals surface area contributed by atoms with Crippen LogP contribution in [0, 0.1) is 0 Å². The van der Waals surface area contributed by atoms with E-state index in [0.717, 1.165) is 6.42 Å². The van der Waals surface area contributed by atoms with Crippen LogP contribution >= 0.6 is 0 Å². The highest BCUT2D eigenvalue weighted by atomic mass is 16.6. The third-order valence-corrected chi connectivity index (χ3v) is 2.76. The minimum Gasteiger partial charge on any atom is -0.466 e. The molecule has 0 aromatic carbocycles. The molecule has 0 bridgehead atoms. The first-order chi connectivity index (χ1) is 9.31. The molecule has 6 nitrogen and oxygen atoms in total. The van der Waals surface area contributed by atoms with Crippen molar-refractivity contribution in [1.29, 1.82) is 0 Å². The minimum atomic E-state index is -0.486. The van der Waals surface area contributed by atoms with Gasteiger partial charge >= 0.3 is 12.1 Å². The van der Waals surface area contributed by atoms with Crippen molar-refractivity contribution in [2.75, 3.05) is 26.3 Å². The summed E-state index contributed by atoms with van der Waals surface area (Å²) in [5.74, 6) is -0.255. The standard InChI is InChI=1S/C14H25NO5/c1-5-18-12(16)7-9-19-11-6-8-15(10-11)13(17)20-14(2,3)4/h11H,5-10H2,1-4H3/t11-/m1/s1. The van der Waals surface area contributed by atoms with Crippen molar-refractivity contribution in [3.8, 4) is 0 Å². The average Bonchev–Trinajstić information content (AvgIpc) is 2.76. The second-order valence-corrected chi connectivity index (χ2v) is 5.76. The van der Waals surface area contributed by atoms with E-state index in [4.69, 9.17) is 14.2 Å². The Morgan fingerprint density at radius 2 is 2.00 bits per heavy atom. The maximum Gasteiger partial charge on any atom is 0.410 e. The quantitative estimate of drug-likeness (QED) is 0.723. The summed E-state index contributed by atoms with van der Waals surface area (Å²) in [6.45, 7) is 9.14. The van der Waals surface area contributed by atoms with E-state index in [-0.39, 0.29) is 24.6 Å². The van der Waals surface area contributed by atoms with E-state index >= 15 is 0 Å². The van der Waals surface area contributed by atoms with Crippen molar-refractivity contribution in [3.05, 3.63) is 0 Å². The van der Waals surface area contributed by atoms with Crippen molar-refractivity contribution < 1.29 is 23.8 Å². The van der Waals surface area contributed by atoms with Crippen LogP contribution in [0.25, 0.3) is 0 Å². The Labute approximate surface area is 120 Å². The predicted octanol–water partition coefficient (Wildman–Crippen LogP) is 1.97. The molecule has 0 unspecified atom stereocenters. The zero-order valence-corrected chi connectivity index (χ0v) is 12.8. The molecule has 0 aliphatic carbocycles. The van der Waals surface area contributed by atoms with Crippen LogP contribution in [0.4, 0.5) is 4.79 Å². The molecule has 1 atom stereocenters. The molecule has 1 amide bonds. The molecule has 0 spiro atoms. The van der Waals surface area contributed by atoms with E-state index in [2.05, 4.69) is 0 Å². The van der Waals surface area contributed by atoms with Crippen LogP contribution in [-0.4, -0.2) is 55.0 Å². The molecule has 116 valence electrons. The number of hydrogen-bond acceptors (Lipinski definition) is 5. The number of nitrogens with zero attached hydrogens (tertiary/aromatic N) is 1. The topological polar surface area (TPSA) is 65.1 Å². The number of amides is 1. The van der Waals surface area contributed by atoms with Crippen LogP contribution in [-0.2, 0) is 19.0 Å². The summed E-state index contributed by atoms with van der Waals surface area (Å²) >= 11 is 0. The van der Waals surface area contributed by atoms with Gasteiger partial charge in [-0.15, -0.1) is 0 Å². The molecule has 0 aromatic heterocycles. The summed E-state index contributed by atoms with van der Waals surface area (Å²) in [6, 6.07) is 0. The second kappa shape index (κ2) is 7.47. The second-order valence-electron chi connectivity index (χ2n) is 5.76. The molecule has 0 saturated carbocycles. The number of rotatable bonds is 5. The summed E-state index contributed by atoms with van der Waals surface area (Å²) in [6.07, 6.45) is 0.671. The van der Waals surface area contributed by atoms with Gasteiger partial charge < -0.3 is 19.1 Å². The lowest BCUT2D eigenvalue weighted by Crippen LogP contribution is -2.36. The zero-order valence-electron chi connectivity index (χ0n) is 12.8. The Morgan fingerprint density at radius 3 is 2.60 bits per heavy atom. The summed E-state index contributed by atoms with van der Waals surface area (Å²) < 4.78 is 15.7. The van der Waals surface area contributed by atoms with Crippen LogP contribution < -0.4 is 0 Å². The number of carbonyl (C=O) groups is 2. The highest BCUT2D eigenvalue weighted by Crippen LogP contribution is 2.17. The Hall–Kier alpha value is -1.30. The van der Waals surface area contributed by atoms with Crippen LogP contribution in [0.5, 0.6) is 0 Å². The highest BCUT2D eigenvalue weighted by molar-refractivity contribution is 5.69. The number of likely N-dealkylation sites (tertiary alicyclic amines) is 1. The summed E-state index contributed by atoms with van der Waals surface area (Å²) in [4.78, 5) is 24.6. The fourth-order valence-corrected chi connectivity index (χ4v) is 1.90. The molecular formula is C14H25NO5. The predicted molar refractivity (Wildman–Crippen MR) is 73.4 cm³/mol. The van der Waals surface area contributed by atoms with E-state index < -0.39 is 5.60 Å². The molecule has 1 saturated heterocycles. The lowest BCUT2D eigenvalue weighted by atomic mass is 10.2. The maximum absolute atomic E-state index is 11.8. The Kier molecular flexibility index (Phi) is 6.26. The summed E-state index contributed by atoms with van der Waals surface area (Å²) in [5.41, 5.74) is -0.486. The van der Waals surface area contributed by atoms with Crippen molar-refractivity contribution in [2.24, 2.45) is 0 Å². The molecule has 0 aromatic rings. The first kappa shape index (κ1) is 16.8. The van der Waals surface area contributed by atoms with Gasteiger partial charge in [-0.05, 0) is 34.1 Å². The van der Waals surface area contributed by atoms with E-state index in [0.29, 0.717) is 26.3 Å². The highest BCUT2D eigenvalue weighted by Gasteiger charge is 2.30. The first-order valence-electron chi connectivity index (χ1n) is 7.07. The zero-order chi connectivity index (χ0) is 15.2. The van der Waals surface area contributed by atoms with Gasteiger partial charge in [0.2, 0.25) is 0 Å². The fraction of sp³-hybridized carbons (Fsp3) is 0.857. The monoisotopic (exact) mass is 287 g/mol. The van der Waals surface area contributed by atoms with Crippen molar-refractivity contribution in [3.63, 3.8) is 0 Å². The summed E-state index contributed by atoms with van der Waals surface area (Å²) in [5, 5.41) is 0. The smallest absolute Gasteiger partial charge is 0.410 e. The third-order valence-electron chi connectivity index (χ3n) is 2.76. The van der Waals surface area contributed by atoms with Gasteiger partial charge in [-0.25, -0.2) is 4.79 Å².